The summed E-state index contributed by atoms with van der Waals surface area (Å²) in [5.74, 6) is 2.23. The first-order chi connectivity index (χ1) is 9.81. The number of amides is 1. The van der Waals surface area contributed by atoms with E-state index in [1.165, 1.54) is 24.6 Å². The number of hydrogen-bond acceptors (Lipinski definition) is 6. The molecule has 112 valence electrons. The molecule has 0 bridgehead atoms. The lowest BCUT2D eigenvalue weighted by molar-refractivity contribution is -0.118. The van der Waals surface area contributed by atoms with Gasteiger partial charge in [0.1, 0.15) is 6.33 Å². The highest BCUT2D eigenvalue weighted by atomic mass is 32.2. The van der Waals surface area contributed by atoms with Crippen molar-refractivity contribution in [1.82, 2.24) is 20.1 Å². The fourth-order valence-electron chi connectivity index (χ4n) is 1.65. The zero-order valence-corrected chi connectivity index (χ0v) is 13.0. The number of hydrogen-bond donors (Lipinski definition) is 2. The number of thioether (sulfide) groups is 2. The highest BCUT2D eigenvalue weighted by Gasteiger charge is 2.26. The van der Waals surface area contributed by atoms with Crippen LogP contribution >= 0.6 is 23.5 Å². The predicted molar refractivity (Wildman–Crippen MR) is 81.1 cm³/mol. The van der Waals surface area contributed by atoms with Gasteiger partial charge in [-0.2, -0.15) is 11.8 Å². The summed E-state index contributed by atoms with van der Waals surface area (Å²) in [6.45, 7) is 0.905. The highest BCUT2D eigenvalue weighted by Crippen LogP contribution is 2.37. The molecule has 0 atom stereocenters. The first-order valence-corrected chi connectivity index (χ1v) is 8.93. The molecule has 1 fully saturated rings. The number of aliphatic hydroxyl groups is 1. The van der Waals surface area contributed by atoms with Gasteiger partial charge in [-0.1, -0.05) is 11.8 Å². The van der Waals surface area contributed by atoms with Crippen molar-refractivity contribution in [3.63, 3.8) is 0 Å². The summed E-state index contributed by atoms with van der Waals surface area (Å²) in [4.78, 5) is 11.7. The van der Waals surface area contributed by atoms with E-state index in [9.17, 15) is 4.79 Å². The predicted octanol–water partition coefficient (Wildman–Crippen LogP) is 0.937. The molecule has 0 aliphatic heterocycles. The third-order valence-electron chi connectivity index (χ3n) is 2.83. The Morgan fingerprint density at radius 2 is 2.35 bits per heavy atom. The van der Waals surface area contributed by atoms with E-state index in [0.29, 0.717) is 18.3 Å². The number of aliphatic hydroxyl groups excluding tert-OH is 1. The van der Waals surface area contributed by atoms with Crippen LogP contribution in [-0.2, 0) is 4.79 Å². The topological polar surface area (TPSA) is 80.0 Å². The maximum atomic E-state index is 11.7. The molecule has 1 aliphatic carbocycles. The number of rotatable bonds is 10. The number of nitrogens with one attached hydrogen (secondary N) is 1. The Morgan fingerprint density at radius 3 is 3.10 bits per heavy atom. The van der Waals surface area contributed by atoms with Gasteiger partial charge in [-0.3, -0.25) is 4.79 Å². The lowest BCUT2D eigenvalue weighted by Gasteiger charge is -2.05. The second-order valence-corrected chi connectivity index (χ2v) is 6.75. The molecule has 1 heterocycles. The van der Waals surface area contributed by atoms with Crippen LogP contribution in [0, 0.1) is 0 Å². The minimum absolute atomic E-state index is 0.0307. The van der Waals surface area contributed by atoms with Crippen LogP contribution in [0.2, 0.25) is 0 Å². The molecule has 2 N–H and O–H groups in total. The molecule has 20 heavy (non-hydrogen) atoms. The molecule has 1 saturated carbocycles. The van der Waals surface area contributed by atoms with Crippen molar-refractivity contribution in [3.05, 3.63) is 6.33 Å². The monoisotopic (exact) mass is 316 g/mol. The van der Waals surface area contributed by atoms with E-state index in [1.54, 1.807) is 18.1 Å². The normalized spacial score (nSPS) is 14.4. The lowest BCUT2D eigenvalue weighted by atomic mass is 10.5. The molecule has 0 saturated heterocycles. The van der Waals surface area contributed by atoms with E-state index >= 15 is 0 Å². The van der Waals surface area contributed by atoms with Crippen molar-refractivity contribution < 1.29 is 9.90 Å². The average Bonchev–Trinajstić information content (AvgIpc) is 3.19. The van der Waals surface area contributed by atoms with Gasteiger partial charge in [0.05, 0.1) is 5.75 Å². The molecule has 1 aliphatic rings. The molecule has 8 heteroatoms. The molecule has 1 aromatic rings. The van der Waals surface area contributed by atoms with E-state index < -0.39 is 0 Å². The fourth-order valence-corrected chi connectivity index (χ4v) is 3.25. The Morgan fingerprint density at radius 1 is 1.50 bits per heavy atom. The molecular formula is C12H20N4O2S2. The van der Waals surface area contributed by atoms with Crippen molar-refractivity contribution >= 4 is 29.4 Å². The number of carbonyl (C=O) groups is 1. The SMILES string of the molecule is O=C(CSc1nncn1C1CC1)NCCSCCCO. The van der Waals surface area contributed by atoms with Gasteiger partial charge in [0, 0.05) is 24.9 Å². The summed E-state index contributed by atoms with van der Waals surface area (Å²) >= 11 is 3.18. The van der Waals surface area contributed by atoms with Crippen LogP contribution in [0.15, 0.2) is 11.5 Å². The molecule has 2 rings (SSSR count). The third-order valence-corrected chi connectivity index (χ3v) is 4.86. The largest absolute Gasteiger partial charge is 0.396 e. The van der Waals surface area contributed by atoms with Crippen molar-refractivity contribution in [2.24, 2.45) is 0 Å². The molecular weight excluding hydrogens is 296 g/mol. The van der Waals surface area contributed by atoms with Crippen LogP contribution in [0.3, 0.4) is 0 Å². The van der Waals surface area contributed by atoms with E-state index in [2.05, 4.69) is 20.1 Å². The van der Waals surface area contributed by atoms with Crippen molar-refractivity contribution in [2.45, 2.75) is 30.5 Å². The summed E-state index contributed by atoms with van der Waals surface area (Å²) in [6.07, 6.45) is 4.92. The van der Waals surface area contributed by atoms with Gasteiger partial charge >= 0.3 is 0 Å². The second-order valence-electron chi connectivity index (χ2n) is 4.58. The van der Waals surface area contributed by atoms with Crippen LogP contribution in [0.5, 0.6) is 0 Å². The quantitative estimate of drug-likeness (QED) is 0.494. The Bertz CT molecular complexity index is 423. The number of aromatic nitrogens is 3. The highest BCUT2D eigenvalue weighted by molar-refractivity contribution is 7.99. The number of nitrogens with zero attached hydrogens (tertiary/aromatic N) is 3. The van der Waals surface area contributed by atoms with Crippen molar-refractivity contribution in [2.75, 3.05) is 30.4 Å². The maximum Gasteiger partial charge on any atom is 0.230 e. The summed E-state index contributed by atoms with van der Waals surface area (Å²) in [6, 6.07) is 0.540. The molecule has 0 radical (unpaired) electrons. The van der Waals surface area contributed by atoms with Crippen LogP contribution < -0.4 is 5.32 Å². The molecule has 0 spiro atoms. The average molecular weight is 316 g/mol. The Hall–Kier alpha value is -0.730. The fraction of sp³-hybridized carbons (Fsp3) is 0.750. The standard InChI is InChI=1S/C12H20N4O2S2/c17-5-1-6-19-7-4-13-11(18)8-20-12-15-14-9-16(12)10-2-3-10/h9-10,17H,1-8H2,(H,13,18). The van der Waals surface area contributed by atoms with Crippen LogP contribution in [0.1, 0.15) is 25.3 Å². The number of carbonyl (C=O) groups excluding carboxylic acids is 1. The Kier molecular flexibility index (Phi) is 6.68. The van der Waals surface area contributed by atoms with Crippen LogP contribution in [0.4, 0.5) is 0 Å². The van der Waals surface area contributed by atoms with Crippen LogP contribution in [0.25, 0.3) is 0 Å². The van der Waals surface area contributed by atoms with Gasteiger partial charge in [0.25, 0.3) is 0 Å². The van der Waals surface area contributed by atoms with Gasteiger partial charge in [-0.25, -0.2) is 0 Å². The summed E-state index contributed by atoms with van der Waals surface area (Å²) in [5, 5.41) is 20.3. The van der Waals surface area contributed by atoms with E-state index in [4.69, 9.17) is 5.11 Å². The van der Waals surface area contributed by atoms with E-state index in [0.717, 1.165) is 23.1 Å². The smallest absolute Gasteiger partial charge is 0.230 e. The first-order valence-electron chi connectivity index (χ1n) is 6.79. The van der Waals surface area contributed by atoms with Gasteiger partial charge in [-0.05, 0) is 25.0 Å². The van der Waals surface area contributed by atoms with Gasteiger partial charge in [0.2, 0.25) is 5.91 Å². The molecule has 1 amide bonds. The maximum absolute atomic E-state index is 11.7. The van der Waals surface area contributed by atoms with Crippen molar-refractivity contribution in [3.8, 4) is 0 Å². The summed E-state index contributed by atoms with van der Waals surface area (Å²) in [7, 11) is 0. The minimum atomic E-state index is 0.0307. The van der Waals surface area contributed by atoms with E-state index in [-0.39, 0.29) is 12.5 Å². The van der Waals surface area contributed by atoms with E-state index in [1.807, 2.05) is 0 Å². The first kappa shape index (κ1) is 15.7. The Labute approximate surface area is 127 Å². The molecule has 1 aromatic heterocycles. The van der Waals surface area contributed by atoms with Gasteiger partial charge in [-0.15, -0.1) is 10.2 Å². The molecule has 6 nitrogen and oxygen atoms in total. The lowest BCUT2D eigenvalue weighted by Crippen LogP contribution is -2.27. The second kappa shape index (κ2) is 8.53. The molecule has 0 unspecified atom stereocenters. The summed E-state index contributed by atoms with van der Waals surface area (Å²) in [5.41, 5.74) is 0. The minimum Gasteiger partial charge on any atom is -0.396 e. The zero-order valence-electron chi connectivity index (χ0n) is 11.3. The zero-order chi connectivity index (χ0) is 14.2. The van der Waals surface area contributed by atoms with Crippen LogP contribution in [-0.4, -0.2) is 56.2 Å². The molecule has 0 aromatic carbocycles. The Balaban J connectivity index is 1.56. The van der Waals surface area contributed by atoms with Gasteiger partial charge in [0.15, 0.2) is 5.16 Å². The third kappa shape index (κ3) is 5.34. The summed E-state index contributed by atoms with van der Waals surface area (Å²) < 4.78 is 2.06. The van der Waals surface area contributed by atoms with Gasteiger partial charge < -0.3 is 15.0 Å². The van der Waals surface area contributed by atoms with Crippen molar-refractivity contribution in [1.29, 1.82) is 0 Å².